The maximum absolute atomic E-state index is 13.8. The summed E-state index contributed by atoms with van der Waals surface area (Å²) in [6.45, 7) is 5.65. The number of carbonyl (C=O) groups excluding carboxylic acids is 2. The van der Waals surface area contributed by atoms with E-state index in [0.29, 0.717) is 50.8 Å². The molecule has 11 heteroatoms. The molecule has 44 heavy (non-hydrogen) atoms. The van der Waals surface area contributed by atoms with Gasteiger partial charge in [0.05, 0.1) is 25.2 Å². The summed E-state index contributed by atoms with van der Waals surface area (Å²) < 4.78 is 43.7. The molecule has 3 aromatic carbocycles. The number of benzene rings is 3. The Hall–Kier alpha value is -3.93. The number of methoxy groups -OCH3 is 1. The molecular weight excluding hydrogens is 582 g/mol. The predicted molar refractivity (Wildman–Crippen MR) is 167 cm³/mol. The van der Waals surface area contributed by atoms with Crippen molar-refractivity contribution in [3.8, 4) is 11.5 Å². The van der Waals surface area contributed by atoms with Crippen LogP contribution in [0, 0.1) is 5.92 Å². The lowest BCUT2D eigenvalue weighted by atomic mass is 10.0. The molecule has 1 aliphatic rings. The SMILES string of the molecule is COc1ccc(CN(C(=O)COc2ccc(S(=O)(=O)N3CCOCC3)cc2)C(Cc2ccccc2)C(=O)NCC(C)C)cc1. The first-order valence-corrected chi connectivity index (χ1v) is 16.2. The van der Waals surface area contributed by atoms with E-state index in [4.69, 9.17) is 14.2 Å². The summed E-state index contributed by atoms with van der Waals surface area (Å²) in [6, 6.07) is 22.1. The van der Waals surface area contributed by atoms with E-state index in [1.54, 1.807) is 12.0 Å². The molecule has 1 atom stereocenters. The van der Waals surface area contributed by atoms with E-state index in [1.807, 2.05) is 68.4 Å². The summed E-state index contributed by atoms with van der Waals surface area (Å²) >= 11 is 0. The molecule has 1 N–H and O–H groups in total. The number of hydrogen-bond donors (Lipinski definition) is 1. The van der Waals surface area contributed by atoms with Crippen molar-refractivity contribution in [1.29, 1.82) is 0 Å². The second-order valence-corrected chi connectivity index (χ2v) is 12.9. The van der Waals surface area contributed by atoms with E-state index in [0.717, 1.165) is 11.1 Å². The Morgan fingerprint density at radius 3 is 2.16 bits per heavy atom. The fourth-order valence-electron chi connectivity index (χ4n) is 4.78. The van der Waals surface area contributed by atoms with Crippen molar-refractivity contribution in [2.75, 3.05) is 46.6 Å². The van der Waals surface area contributed by atoms with Gasteiger partial charge in [-0.15, -0.1) is 0 Å². The summed E-state index contributed by atoms with van der Waals surface area (Å²) in [4.78, 5) is 29.1. The Morgan fingerprint density at radius 2 is 1.55 bits per heavy atom. The van der Waals surface area contributed by atoms with E-state index in [2.05, 4.69) is 5.32 Å². The van der Waals surface area contributed by atoms with Crippen LogP contribution in [-0.4, -0.2) is 82.0 Å². The first kappa shape index (κ1) is 33.0. The van der Waals surface area contributed by atoms with Crippen molar-refractivity contribution < 1.29 is 32.2 Å². The first-order chi connectivity index (χ1) is 21.2. The van der Waals surface area contributed by atoms with Crippen molar-refractivity contribution in [2.24, 2.45) is 5.92 Å². The Balaban J connectivity index is 1.54. The Morgan fingerprint density at radius 1 is 0.909 bits per heavy atom. The van der Waals surface area contributed by atoms with Crippen LogP contribution in [0.25, 0.3) is 0 Å². The number of amides is 2. The molecule has 0 spiro atoms. The van der Waals surface area contributed by atoms with Gasteiger partial charge in [0.25, 0.3) is 5.91 Å². The van der Waals surface area contributed by atoms with E-state index in [-0.39, 0.29) is 35.8 Å². The second kappa shape index (κ2) is 15.7. The summed E-state index contributed by atoms with van der Waals surface area (Å²) in [5, 5.41) is 3.00. The van der Waals surface area contributed by atoms with Gasteiger partial charge in [0.2, 0.25) is 15.9 Å². The normalized spacial score (nSPS) is 14.5. The third-order valence-electron chi connectivity index (χ3n) is 7.26. The van der Waals surface area contributed by atoms with E-state index >= 15 is 0 Å². The molecule has 1 heterocycles. The predicted octanol–water partition coefficient (Wildman–Crippen LogP) is 3.51. The lowest BCUT2D eigenvalue weighted by Crippen LogP contribution is -2.52. The number of nitrogens with zero attached hydrogens (tertiary/aromatic N) is 2. The molecule has 2 amide bonds. The van der Waals surface area contributed by atoms with E-state index in [9.17, 15) is 18.0 Å². The molecule has 0 bridgehead atoms. The van der Waals surface area contributed by atoms with Crippen molar-refractivity contribution in [3.63, 3.8) is 0 Å². The Bertz CT molecular complexity index is 1460. The zero-order valence-electron chi connectivity index (χ0n) is 25.5. The van der Waals surface area contributed by atoms with Crippen LogP contribution in [0.2, 0.25) is 0 Å². The molecule has 0 saturated carbocycles. The quantitative estimate of drug-likeness (QED) is 0.292. The number of ether oxygens (including phenoxy) is 3. The van der Waals surface area contributed by atoms with Gasteiger partial charge in [0.15, 0.2) is 6.61 Å². The van der Waals surface area contributed by atoms with Crippen LogP contribution in [0.5, 0.6) is 11.5 Å². The van der Waals surface area contributed by atoms with Crippen LogP contribution in [0.1, 0.15) is 25.0 Å². The number of rotatable bonds is 14. The summed E-state index contributed by atoms with van der Waals surface area (Å²) in [7, 11) is -2.07. The molecule has 0 radical (unpaired) electrons. The molecule has 4 rings (SSSR count). The summed E-state index contributed by atoms with van der Waals surface area (Å²) in [6.07, 6.45) is 0.320. The van der Waals surface area contributed by atoms with Crippen molar-refractivity contribution >= 4 is 21.8 Å². The lowest BCUT2D eigenvalue weighted by molar-refractivity contribution is -0.142. The molecule has 0 aliphatic carbocycles. The topological polar surface area (TPSA) is 114 Å². The molecule has 1 fully saturated rings. The molecule has 3 aromatic rings. The van der Waals surface area contributed by atoms with Gasteiger partial charge in [-0.2, -0.15) is 4.31 Å². The zero-order chi connectivity index (χ0) is 31.5. The average molecular weight is 624 g/mol. The van der Waals surface area contributed by atoms with Gasteiger partial charge in [-0.1, -0.05) is 56.3 Å². The minimum atomic E-state index is -3.66. The number of sulfonamides is 1. The van der Waals surface area contributed by atoms with Crippen LogP contribution >= 0.6 is 0 Å². The van der Waals surface area contributed by atoms with E-state index in [1.165, 1.54) is 28.6 Å². The molecule has 1 saturated heterocycles. The molecule has 1 aliphatic heterocycles. The Labute approximate surface area is 260 Å². The highest BCUT2D eigenvalue weighted by molar-refractivity contribution is 7.89. The fourth-order valence-corrected chi connectivity index (χ4v) is 6.18. The molecule has 0 aromatic heterocycles. The standard InChI is InChI=1S/C33H41N3O7S/c1-25(2)22-34-33(38)31(21-26-7-5-4-6-8-26)36(23-27-9-11-28(41-3)12-10-27)32(37)24-43-29-13-15-30(16-14-29)44(39,40)35-17-19-42-20-18-35/h4-16,25,31H,17-24H2,1-3H3,(H,34,38). The number of nitrogens with one attached hydrogen (secondary N) is 1. The van der Waals surface area contributed by atoms with Crippen LogP contribution in [0.4, 0.5) is 0 Å². The summed E-state index contributed by atoms with van der Waals surface area (Å²) in [5.74, 6) is 0.631. The van der Waals surface area contributed by atoms with Gasteiger partial charge in [-0.05, 0) is 53.4 Å². The number of carbonyl (C=O) groups is 2. The third-order valence-corrected chi connectivity index (χ3v) is 9.17. The molecule has 236 valence electrons. The summed E-state index contributed by atoms with van der Waals surface area (Å²) in [5.41, 5.74) is 1.74. The van der Waals surface area contributed by atoms with Crippen LogP contribution in [-0.2, 0) is 37.3 Å². The highest BCUT2D eigenvalue weighted by Crippen LogP contribution is 2.22. The zero-order valence-corrected chi connectivity index (χ0v) is 26.3. The monoisotopic (exact) mass is 623 g/mol. The van der Waals surface area contributed by atoms with Crippen molar-refractivity contribution in [1.82, 2.24) is 14.5 Å². The minimum Gasteiger partial charge on any atom is -0.497 e. The van der Waals surface area contributed by atoms with Gasteiger partial charge in [0.1, 0.15) is 17.5 Å². The van der Waals surface area contributed by atoms with Gasteiger partial charge in [-0.25, -0.2) is 8.42 Å². The first-order valence-electron chi connectivity index (χ1n) is 14.7. The molecule has 1 unspecified atom stereocenters. The lowest BCUT2D eigenvalue weighted by Gasteiger charge is -2.31. The highest BCUT2D eigenvalue weighted by atomic mass is 32.2. The van der Waals surface area contributed by atoms with Gasteiger partial charge >= 0.3 is 0 Å². The van der Waals surface area contributed by atoms with Gasteiger partial charge < -0.3 is 24.4 Å². The smallest absolute Gasteiger partial charge is 0.261 e. The van der Waals surface area contributed by atoms with E-state index < -0.39 is 16.1 Å². The van der Waals surface area contributed by atoms with Crippen LogP contribution < -0.4 is 14.8 Å². The maximum atomic E-state index is 13.8. The number of hydrogen-bond acceptors (Lipinski definition) is 7. The molecular formula is C33H41N3O7S. The van der Waals surface area contributed by atoms with Crippen molar-refractivity contribution in [3.05, 3.63) is 90.0 Å². The average Bonchev–Trinajstić information content (AvgIpc) is 3.05. The van der Waals surface area contributed by atoms with Crippen LogP contribution in [0.15, 0.2) is 83.8 Å². The van der Waals surface area contributed by atoms with Crippen LogP contribution in [0.3, 0.4) is 0 Å². The second-order valence-electron chi connectivity index (χ2n) is 11.0. The number of morpholine rings is 1. The minimum absolute atomic E-state index is 0.143. The largest absolute Gasteiger partial charge is 0.497 e. The highest BCUT2D eigenvalue weighted by Gasteiger charge is 2.31. The third kappa shape index (κ3) is 9.04. The fraction of sp³-hybridized carbons (Fsp3) is 0.394. The van der Waals surface area contributed by atoms with Gasteiger partial charge in [0, 0.05) is 32.6 Å². The maximum Gasteiger partial charge on any atom is 0.261 e. The Kier molecular flexibility index (Phi) is 11.8. The van der Waals surface area contributed by atoms with Gasteiger partial charge in [-0.3, -0.25) is 9.59 Å². The van der Waals surface area contributed by atoms with Crippen molar-refractivity contribution in [2.45, 2.75) is 37.8 Å². The molecule has 10 nitrogen and oxygen atoms in total.